The first-order valence-corrected chi connectivity index (χ1v) is 8.44. The lowest BCUT2D eigenvalue weighted by Gasteiger charge is -2.26. The van der Waals surface area contributed by atoms with E-state index in [2.05, 4.69) is 62.5 Å². The van der Waals surface area contributed by atoms with E-state index < -0.39 is 0 Å². The van der Waals surface area contributed by atoms with Crippen molar-refractivity contribution in [2.24, 2.45) is 0 Å². The third-order valence-corrected chi connectivity index (χ3v) is 4.69. The molecule has 0 spiro atoms. The van der Waals surface area contributed by atoms with Crippen molar-refractivity contribution in [3.63, 3.8) is 0 Å². The van der Waals surface area contributed by atoms with Crippen molar-refractivity contribution in [2.45, 2.75) is 51.5 Å². The summed E-state index contributed by atoms with van der Waals surface area (Å²) in [6, 6.07) is 16.6. The Morgan fingerprint density at radius 2 is 1.74 bits per heavy atom. The van der Waals surface area contributed by atoms with Crippen LogP contribution in [0.3, 0.4) is 0 Å². The van der Waals surface area contributed by atoms with Gasteiger partial charge in [-0.25, -0.2) is 0 Å². The molecule has 1 aliphatic carbocycles. The molecule has 0 saturated carbocycles. The molecular formula is C21H25NO. The van der Waals surface area contributed by atoms with Gasteiger partial charge in [-0.05, 0) is 53.5 Å². The summed E-state index contributed by atoms with van der Waals surface area (Å²) in [6.07, 6.45) is 3.26. The van der Waals surface area contributed by atoms with Gasteiger partial charge in [0, 0.05) is 5.56 Å². The van der Waals surface area contributed by atoms with Gasteiger partial charge in [0.25, 0.3) is 5.91 Å². The van der Waals surface area contributed by atoms with Gasteiger partial charge >= 0.3 is 0 Å². The zero-order chi connectivity index (χ0) is 16.4. The van der Waals surface area contributed by atoms with Crippen molar-refractivity contribution in [1.82, 2.24) is 5.32 Å². The Bertz CT molecular complexity index is 695. The Morgan fingerprint density at radius 3 is 2.43 bits per heavy atom. The van der Waals surface area contributed by atoms with Crippen LogP contribution in [-0.4, -0.2) is 5.91 Å². The van der Waals surface area contributed by atoms with Gasteiger partial charge in [-0.15, -0.1) is 0 Å². The van der Waals surface area contributed by atoms with Gasteiger partial charge in [0.1, 0.15) is 0 Å². The third kappa shape index (κ3) is 3.47. The number of hydrogen-bond acceptors (Lipinski definition) is 1. The summed E-state index contributed by atoms with van der Waals surface area (Å²) in [5.41, 5.74) is 4.74. The Hall–Kier alpha value is -2.09. The molecule has 0 saturated heterocycles. The van der Waals surface area contributed by atoms with Gasteiger partial charge in [0.05, 0.1) is 6.04 Å². The smallest absolute Gasteiger partial charge is 0.251 e. The molecule has 0 radical (unpaired) electrons. The van der Waals surface area contributed by atoms with Crippen LogP contribution in [0, 0.1) is 0 Å². The fourth-order valence-corrected chi connectivity index (χ4v) is 3.27. The zero-order valence-electron chi connectivity index (χ0n) is 14.2. The average Bonchev–Trinajstić information content (AvgIpc) is 2.54. The maximum atomic E-state index is 12.6. The van der Waals surface area contributed by atoms with Crippen molar-refractivity contribution in [3.8, 4) is 0 Å². The lowest BCUT2D eigenvalue weighted by Crippen LogP contribution is -2.31. The normalized spacial score (nSPS) is 17.4. The van der Waals surface area contributed by atoms with Gasteiger partial charge in [0.2, 0.25) is 0 Å². The van der Waals surface area contributed by atoms with Gasteiger partial charge in [-0.2, -0.15) is 0 Å². The molecule has 0 unspecified atom stereocenters. The Labute approximate surface area is 138 Å². The van der Waals surface area contributed by atoms with Crippen molar-refractivity contribution in [3.05, 3.63) is 70.8 Å². The highest BCUT2D eigenvalue weighted by Gasteiger charge is 2.22. The van der Waals surface area contributed by atoms with Crippen molar-refractivity contribution in [1.29, 1.82) is 0 Å². The molecule has 1 atom stereocenters. The second kappa shape index (κ2) is 6.19. The van der Waals surface area contributed by atoms with Crippen LogP contribution >= 0.6 is 0 Å². The van der Waals surface area contributed by atoms with Crippen LogP contribution in [0.5, 0.6) is 0 Å². The SMILES string of the molecule is CC(C)(C)c1ccc(C(=O)N[C@@H]2CCCc3ccccc32)cc1. The summed E-state index contributed by atoms with van der Waals surface area (Å²) in [5.74, 6) is 0.0205. The number of fused-ring (bicyclic) bond motifs is 1. The molecule has 120 valence electrons. The van der Waals surface area contributed by atoms with E-state index in [4.69, 9.17) is 0 Å². The fraction of sp³-hybridized carbons (Fsp3) is 0.381. The van der Waals surface area contributed by atoms with Gasteiger partial charge in [-0.1, -0.05) is 57.2 Å². The van der Waals surface area contributed by atoms with Gasteiger partial charge < -0.3 is 5.32 Å². The van der Waals surface area contributed by atoms with Crippen LogP contribution in [-0.2, 0) is 11.8 Å². The maximum absolute atomic E-state index is 12.6. The molecule has 3 rings (SSSR count). The minimum absolute atomic E-state index is 0.0205. The Morgan fingerprint density at radius 1 is 1.04 bits per heavy atom. The molecule has 2 aromatic rings. The Balaban J connectivity index is 1.75. The second-order valence-corrected chi connectivity index (χ2v) is 7.44. The Kier molecular flexibility index (Phi) is 4.25. The van der Waals surface area contributed by atoms with E-state index in [0.717, 1.165) is 24.8 Å². The molecule has 1 N–H and O–H groups in total. The van der Waals surface area contributed by atoms with E-state index in [1.807, 2.05) is 12.1 Å². The number of rotatable bonds is 2. The van der Waals surface area contributed by atoms with Gasteiger partial charge in [-0.3, -0.25) is 4.79 Å². The number of carbonyl (C=O) groups is 1. The molecule has 2 aromatic carbocycles. The maximum Gasteiger partial charge on any atom is 0.251 e. The predicted octanol–water partition coefficient (Wildman–Crippen LogP) is 4.79. The molecule has 2 heteroatoms. The molecule has 0 aliphatic heterocycles. The molecule has 0 heterocycles. The number of hydrogen-bond donors (Lipinski definition) is 1. The van der Waals surface area contributed by atoms with Crippen LogP contribution in [0.2, 0.25) is 0 Å². The quantitative estimate of drug-likeness (QED) is 0.849. The third-order valence-electron chi connectivity index (χ3n) is 4.69. The molecule has 0 bridgehead atoms. The molecule has 0 fully saturated rings. The summed E-state index contributed by atoms with van der Waals surface area (Å²) in [6.45, 7) is 6.54. The lowest BCUT2D eigenvalue weighted by atomic mass is 9.86. The molecule has 1 amide bonds. The first kappa shape index (κ1) is 15.8. The molecule has 1 aliphatic rings. The monoisotopic (exact) mass is 307 g/mol. The van der Waals surface area contributed by atoms with Crippen LogP contribution < -0.4 is 5.32 Å². The van der Waals surface area contributed by atoms with Gasteiger partial charge in [0.15, 0.2) is 0 Å². The highest BCUT2D eigenvalue weighted by Crippen LogP contribution is 2.30. The zero-order valence-corrected chi connectivity index (χ0v) is 14.2. The highest BCUT2D eigenvalue weighted by molar-refractivity contribution is 5.94. The fourth-order valence-electron chi connectivity index (χ4n) is 3.27. The number of aryl methyl sites for hydroxylation is 1. The first-order valence-electron chi connectivity index (χ1n) is 8.44. The topological polar surface area (TPSA) is 29.1 Å². The highest BCUT2D eigenvalue weighted by atomic mass is 16.1. The molecule has 2 nitrogen and oxygen atoms in total. The van der Waals surface area contributed by atoms with E-state index >= 15 is 0 Å². The average molecular weight is 307 g/mol. The van der Waals surface area contributed by atoms with E-state index in [1.54, 1.807) is 0 Å². The van der Waals surface area contributed by atoms with Crippen LogP contribution in [0.15, 0.2) is 48.5 Å². The van der Waals surface area contributed by atoms with E-state index in [-0.39, 0.29) is 17.4 Å². The van der Waals surface area contributed by atoms with E-state index in [9.17, 15) is 4.79 Å². The minimum atomic E-state index is 0.0205. The summed E-state index contributed by atoms with van der Waals surface area (Å²) < 4.78 is 0. The van der Waals surface area contributed by atoms with Crippen molar-refractivity contribution >= 4 is 5.91 Å². The molecule has 23 heavy (non-hydrogen) atoms. The standard InChI is InChI=1S/C21H25NO/c1-21(2,3)17-13-11-16(12-14-17)20(23)22-19-10-6-8-15-7-4-5-9-18(15)19/h4-5,7,9,11-14,19H,6,8,10H2,1-3H3,(H,22,23)/t19-/m1/s1. The first-order chi connectivity index (χ1) is 10.9. The summed E-state index contributed by atoms with van der Waals surface area (Å²) >= 11 is 0. The minimum Gasteiger partial charge on any atom is -0.345 e. The van der Waals surface area contributed by atoms with Crippen LogP contribution in [0.25, 0.3) is 0 Å². The van der Waals surface area contributed by atoms with E-state index in [0.29, 0.717) is 0 Å². The molecular weight excluding hydrogens is 282 g/mol. The van der Waals surface area contributed by atoms with Crippen LogP contribution in [0.4, 0.5) is 0 Å². The van der Waals surface area contributed by atoms with Crippen molar-refractivity contribution in [2.75, 3.05) is 0 Å². The number of benzene rings is 2. The van der Waals surface area contributed by atoms with E-state index in [1.165, 1.54) is 16.7 Å². The number of carbonyl (C=O) groups excluding carboxylic acids is 1. The summed E-state index contributed by atoms with van der Waals surface area (Å²) in [5, 5.41) is 3.21. The number of amides is 1. The predicted molar refractivity (Wildman–Crippen MR) is 94.7 cm³/mol. The number of nitrogens with one attached hydrogen (secondary N) is 1. The second-order valence-electron chi connectivity index (χ2n) is 7.44. The van der Waals surface area contributed by atoms with Crippen LogP contribution in [0.1, 0.15) is 66.7 Å². The summed E-state index contributed by atoms with van der Waals surface area (Å²) in [7, 11) is 0. The lowest BCUT2D eigenvalue weighted by molar-refractivity contribution is 0.0932. The summed E-state index contributed by atoms with van der Waals surface area (Å²) in [4.78, 5) is 12.6. The largest absolute Gasteiger partial charge is 0.345 e. The van der Waals surface area contributed by atoms with Crippen molar-refractivity contribution < 1.29 is 4.79 Å². The molecule has 0 aromatic heterocycles.